The maximum absolute atomic E-state index is 12.3. The largest absolute Gasteiger partial charge is 0.459 e. The van der Waals surface area contributed by atoms with Crippen LogP contribution in [0.3, 0.4) is 0 Å². The van der Waals surface area contributed by atoms with Crippen molar-refractivity contribution in [3.8, 4) is 0 Å². The number of anilines is 1. The first-order valence-electron chi connectivity index (χ1n) is 9.42. The minimum Gasteiger partial charge on any atom is -0.459 e. The summed E-state index contributed by atoms with van der Waals surface area (Å²) < 4.78 is 31.5. The number of carbonyl (C=O) groups is 1. The van der Waals surface area contributed by atoms with E-state index in [1.165, 1.54) is 32.3 Å². The van der Waals surface area contributed by atoms with E-state index in [-0.39, 0.29) is 34.0 Å². The molecule has 1 aromatic heterocycles. The molecule has 1 heterocycles. The van der Waals surface area contributed by atoms with Crippen LogP contribution >= 0.6 is 11.6 Å². The smallest absolute Gasteiger partial charge is 0.242 e. The van der Waals surface area contributed by atoms with Crippen LogP contribution in [-0.4, -0.2) is 39.3 Å². The summed E-state index contributed by atoms with van der Waals surface area (Å²) in [6.07, 6.45) is 0.186. The standard InChI is InChI=1S/C21H24ClN3O4S/c1-14(20-12-15-6-4-5-7-19(15)29-20)23-11-10-21(26)24-18-13-16(8-9-17(18)22)30(27,28)25(2)3/h4-9,12-14,23H,10-11H2,1-3H3,(H,24,26). The summed E-state index contributed by atoms with van der Waals surface area (Å²) in [6.45, 7) is 2.37. The van der Waals surface area contributed by atoms with E-state index in [1.54, 1.807) is 0 Å². The van der Waals surface area contributed by atoms with Crippen LogP contribution in [0.4, 0.5) is 5.69 Å². The number of halogens is 1. The summed E-state index contributed by atoms with van der Waals surface area (Å²) in [5, 5.41) is 7.23. The number of amides is 1. The number of furan rings is 1. The van der Waals surface area contributed by atoms with Crippen molar-refractivity contribution in [3.63, 3.8) is 0 Å². The molecule has 0 bridgehead atoms. The predicted molar refractivity (Wildman–Crippen MR) is 118 cm³/mol. The molecule has 0 radical (unpaired) electrons. The van der Waals surface area contributed by atoms with Crippen molar-refractivity contribution in [2.75, 3.05) is 26.0 Å². The zero-order valence-corrected chi connectivity index (χ0v) is 18.5. The second-order valence-corrected chi connectivity index (χ2v) is 9.65. The van der Waals surface area contributed by atoms with Crippen molar-refractivity contribution in [1.82, 2.24) is 9.62 Å². The number of nitrogens with one attached hydrogen (secondary N) is 2. The van der Waals surface area contributed by atoms with E-state index in [9.17, 15) is 13.2 Å². The Balaban J connectivity index is 1.58. The molecule has 9 heteroatoms. The Morgan fingerprint density at radius 3 is 2.60 bits per heavy atom. The number of fused-ring (bicyclic) bond motifs is 1. The third-order valence-corrected chi connectivity index (χ3v) is 6.81. The van der Waals surface area contributed by atoms with Gasteiger partial charge in [-0.05, 0) is 37.3 Å². The molecule has 0 fully saturated rings. The van der Waals surface area contributed by atoms with E-state index in [1.807, 2.05) is 37.3 Å². The number of sulfonamides is 1. The van der Waals surface area contributed by atoms with E-state index in [0.29, 0.717) is 6.54 Å². The number of carbonyl (C=O) groups excluding carboxylic acids is 1. The molecule has 0 aliphatic rings. The topological polar surface area (TPSA) is 91.7 Å². The van der Waals surface area contributed by atoms with Gasteiger partial charge in [0.05, 0.1) is 21.6 Å². The molecule has 2 N–H and O–H groups in total. The Labute approximate surface area is 181 Å². The minimum atomic E-state index is -3.62. The molecule has 3 aromatic rings. The summed E-state index contributed by atoms with van der Waals surface area (Å²) in [4.78, 5) is 12.4. The van der Waals surface area contributed by atoms with Crippen LogP contribution in [0.15, 0.2) is 57.8 Å². The number of nitrogens with zero attached hydrogens (tertiary/aromatic N) is 1. The highest BCUT2D eigenvalue weighted by Gasteiger charge is 2.19. The number of hydrogen-bond donors (Lipinski definition) is 2. The average molecular weight is 450 g/mol. The van der Waals surface area contributed by atoms with Gasteiger partial charge in [0.15, 0.2) is 0 Å². The van der Waals surface area contributed by atoms with Gasteiger partial charge in [-0.15, -0.1) is 0 Å². The van der Waals surface area contributed by atoms with E-state index < -0.39 is 10.0 Å². The molecule has 3 rings (SSSR count). The third-order valence-electron chi connectivity index (χ3n) is 4.66. The fraction of sp³-hybridized carbons (Fsp3) is 0.286. The molecular formula is C21H24ClN3O4S. The molecule has 0 saturated carbocycles. The van der Waals surface area contributed by atoms with E-state index in [4.69, 9.17) is 16.0 Å². The van der Waals surface area contributed by atoms with Crippen LogP contribution in [-0.2, 0) is 14.8 Å². The maximum atomic E-state index is 12.3. The summed E-state index contributed by atoms with van der Waals surface area (Å²) in [6, 6.07) is 13.9. The Morgan fingerprint density at radius 1 is 1.17 bits per heavy atom. The Kier molecular flexibility index (Phi) is 6.82. The van der Waals surface area contributed by atoms with E-state index >= 15 is 0 Å². The zero-order chi connectivity index (χ0) is 21.9. The molecule has 160 valence electrons. The first kappa shape index (κ1) is 22.3. The first-order chi connectivity index (χ1) is 14.2. The van der Waals surface area contributed by atoms with Crippen LogP contribution in [0.1, 0.15) is 25.1 Å². The molecular weight excluding hydrogens is 426 g/mol. The molecule has 2 aromatic carbocycles. The summed E-state index contributed by atoms with van der Waals surface area (Å²) in [7, 11) is -0.738. The van der Waals surface area contributed by atoms with Gasteiger partial charge in [0, 0.05) is 32.4 Å². The highest BCUT2D eigenvalue weighted by Crippen LogP contribution is 2.27. The second kappa shape index (κ2) is 9.18. The van der Waals surface area contributed by atoms with E-state index in [0.717, 1.165) is 21.0 Å². The maximum Gasteiger partial charge on any atom is 0.242 e. The van der Waals surface area contributed by atoms with Crippen molar-refractivity contribution < 1.29 is 17.6 Å². The fourth-order valence-corrected chi connectivity index (χ4v) is 4.00. The third kappa shape index (κ3) is 5.02. The van der Waals surface area contributed by atoms with Gasteiger partial charge in [-0.1, -0.05) is 29.8 Å². The predicted octanol–water partition coefficient (Wildman–Crippen LogP) is 4.02. The van der Waals surface area contributed by atoms with Crippen molar-refractivity contribution in [2.45, 2.75) is 24.3 Å². The lowest BCUT2D eigenvalue weighted by Gasteiger charge is -2.14. The van der Waals surface area contributed by atoms with Gasteiger partial charge in [0.25, 0.3) is 0 Å². The van der Waals surface area contributed by atoms with Gasteiger partial charge in [-0.2, -0.15) is 0 Å². The summed E-state index contributed by atoms with van der Waals surface area (Å²) in [5.41, 5.74) is 1.08. The first-order valence-corrected chi connectivity index (χ1v) is 11.2. The quantitative estimate of drug-likeness (QED) is 0.542. The molecule has 1 atom stereocenters. The fourth-order valence-electron chi connectivity index (χ4n) is 2.90. The molecule has 0 aliphatic heterocycles. The van der Waals surface area contributed by atoms with Crippen molar-refractivity contribution in [1.29, 1.82) is 0 Å². The van der Waals surface area contributed by atoms with Crippen molar-refractivity contribution in [3.05, 3.63) is 59.3 Å². The Morgan fingerprint density at radius 2 is 1.90 bits per heavy atom. The number of benzene rings is 2. The molecule has 0 aliphatic carbocycles. The highest BCUT2D eigenvalue weighted by molar-refractivity contribution is 7.89. The SMILES string of the molecule is CC(NCCC(=O)Nc1cc(S(=O)(=O)N(C)C)ccc1Cl)c1cc2ccccc2o1. The van der Waals surface area contributed by atoms with E-state index in [2.05, 4.69) is 10.6 Å². The molecule has 0 saturated heterocycles. The van der Waals surface area contributed by atoms with Crippen molar-refractivity contribution in [2.24, 2.45) is 0 Å². The van der Waals surface area contributed by atoms with Crippen molar-refractivity contribution >= 4 is 44.2 Å². The van der Waals surface area contributed by atoms with Gasteiger partial charge in [0.1, 0.15) is 11.3 Å². The van der Waals surface area contributed by atoms with Gasteiger partial charge in [-0.3, -0.25) is 4.79 Å². The number of hydrogen-bond acceptors (Lipinski definition) is 5. The summed E-state index contributed by atoms with van der Waals surface area (Å²) >= 11 is 6.12. The van der Waals surface area contributed by atoms with Gasteiger partial charge < -0.3 is 15.1 Å². The van der Waals surface area contributed by atoms with Crippen LogP contribution in [0.5, 0.6) is 0 Å². The van der Waals surface area contributed by atoms with Gasteiger partial charge in [-0.25, -0.2) is 12.7 Å². The normalized spacial score (nSPS) is 13.0. The minimum absolute atomic E-state index is 0.0591. The molecule has 30 heavy (non-hydrogen) atoms. The molecule has 1 unspecified atom stereocenters. The lowest BCUT2D eigenvalue weighted by Crippen LogP contribution is -2.24. The second-order valence-electron chi connectivity index (χ2n) is 7.09. The lowest BCUT2D eigenvalue weighted by atomic mass is 10.2. The summed E-state index contributed by atoms with van der Waals surface area (Å²) in [5.74, 6) is 0.516. The van der Waals surface area contributed by atoms with Crippen LogP contribution in [0.25, 0.3) is 11.0 Å². The zero-order valence-electron chi connectivity index (χ0n) is 17.0. The Hall–Kier alpha value is -2.39. The molecule has 7 nitrogen and oxygen atoms in total. The van der Waals surface area contributed by atoms with Crippen LogP contribution in [0.2, 0.25) is 5.02 Å². The van der Waals surface area contributed by atoms with Crippen LogP contribution < -0.4 is 10.6 Å². The molecule has 0 spiro atoms. The Bertz CT molecular complexity index is 1130. The van der Waals surface area contributed by atoms with Gasteiger partial charge in [0.2, 0.25) is 15.9 Å². The number of rotatable bonds is 8. The highest BCUT2D eigenvalue weighted by atomic mass is 35.5. The van der Waals surface area contributed by atoms with Gasteiger partial charge >= 0.3 is 0 Å². The molecule has 1 amide bonds. The average Bonchev–Trinajstić information content (AvgIpc) is 3.13. The monoisotopic (exact) mass is 449 g/mol. The number of para-hydroxylation sites is 1. The lowest BCUT2D eigenvalue weighted by molar-refractivity contribution is -0.116. The van der Waals surface area contributed by atoms with Crippen LogP contribution in [0, 0.1) is 0 Å².